The van der Waals surface area contributed by atoms with Crippen molar-refractivity contribution in [3.63, 3.8) is 0 Å². The van der Waals surface area contributed by atoms with E-state index in [0.717, 1.165) is 0 Å². The highest BCUT2D eigenvalue weighted by Crippen LogP contribution is 2.21. The molecule has 142 valence electrons. The van der Waals surface area contributed by atoms with Crippen LogP contribution in [0.1, 0.15) is 51.8 Å². The van der Waals surface area contributed by atoms with E-state index in [4.69, 9.17) is 18.3 Å². The van der Waals surface area contributed by atoms with Crippen LogP contribution in [0, 0.1) is 13.8 Å². The van der Waals surface area contributed by atoms with Crippen molar-refractivity contribution in [2.75, 3.05) is 0 Å². The van der Waals surface area contributed by atoms with Gasteiger partial charge in [0.25, 0.3) is 11.8 Å². The Hall–Kier alpha value is -3.36. The van der Waals surface area contributed by atoms with E-state index in [0.29, 0.717) is 22.6 Å². The number of hydrogen-bond donors (Lipinski definition) is 1. The summed E-state index contributed by atoms with van der Waals surface area (Å²) in [4.78, 5) is 27.4. The third-order valence-electron chi connectivity index (χ3n) is 3.71. The standard InChI is InChI=1S/C18H19N3O6/c1-9(2)26-17(22)14-10(3)15(19-11(14)4)18(23)25-8-13-20-21-16(27-13)12-6-5-7-24-12/h5-7,9,19H,8H2,1-4H3. The molecule has 0 radical (unpaired) electrons. The molecule has 0 amide bonds. The molecule has 3 heterocycles. The number of H-pyrrole nitrogens is 1. The maximum absolute atomic E-state index is 12.4. The molecule has 0 aliphatic carbocycles. The summed E-state index contributed by atoms with van der Waals surface area (Å²) in [6.45, 7) is 6.64. The van der Waals surface area contributed by atoms with Crippen LogP contribution in [0.3, 0.4) is 0 Å². The van der Waals surface area contributed by atoms with Crippen LogP contribution < -0.4 is 0 Å². The molecule has 9 heteroatoms. The lowest BCUT2D eigenvalue weighted by Gasteiger charge is -2.08. The molecule has 0 aliphatic rings. The number of aryl methyl sites for hydroxylation is 1. The van der Waals surface area contributed by atoms with Gasteiger partial charge in [-0.05, 0) is 45.4 Å². The van der Waals surface area contributed by atoms with Gasteiger partial charge in [0.05, 0.1) is 17.9 Å². The van der Waals surface area contributed by atoms with E-state index >= 15 is 0 Å². The van der Waals surface area contributed by atoms with Crippen molar-refractivity contribution in [3.05, 3.63) is 46.8 Å². The van der Waals surface area contributed by atoms with E-state index in [1.165, 1.54) is 6.26 Å². The predicted octanol–water partition coefficient (Wildman–Crippen LogP) is 3.20. The number of aromatic nitrogens is 3. The second-order valence-electron chi connectivity index (χ2n) is 6.13. The van der Waals surface area contributed by atoms with Gasteiger partial charge in [-0.25, -0.2) is 9.59 Å². The zero-order valence-electron chi connectivity index (χ0n) is 15.4. The molecule has 0 spiro atoms. The summed E-state index contributed by atoms with van der Waals surface area (Å²) >= 11 is 0. The maximum atomic E-state index is 12.4. The molecule has 0 bridgehead atoms. The Labute approximate surface area is 154 Å². The third kappa shape index (κ3) is 3.91. The topological polar surface area (TPSA) is 120 Å². The average molecular weight is 373 g/mol. The van der Waals surface area contributed by atoms with Gasteiger partial charge in [0.1, 0.15) is 5.69 Å². The average Bonchev–Trinajstić information content (AvgIpc) is 3.31. The van der Waals surface area contributed by atoms with Crippen LogP contribution >= 0.6 is 0 Å². The number of esters is 2. The first-order valence-electron chi connectivity index (χ1n) is 8.30. The Kier molecular flexibility index (Phi) is 5.11. The van der Waals surface area contributed by atoms with Crippen LogP contribution in [-0.4, -0.2) is 33.2 Å². The zero-order chi connectivity index (χ0) is 19.6. The van der Waals surface area contributed by atoms with Crippen LogP contribution in [-0.2, 0) is 16.1 Å². The van der Waals surface area contributed by atoms with Gasteiger partial charge in [0.15, 0.2) is 12.4 Å². The minimum absolute atomic E-state index is 0.120. The highest BCUT2D eigenvalue weighted by atomic mass is 16.5. The normalized spacial score (nSPS) is 11.0. The predicted molar refractivity (Wildman–Crippen MR) is 91.9 cm³/mol. The van der Waals surface area contributed by atoms with E-state index in [-0.39, 0.29) is 30.2 Å². The largest absolute Gasteiger partial charge is 0.459 e. The Morgan fingerprint density at radius 1 is 1.22 bits per heavy atom. The third-order valence-corrected chi connectivity index (χ3v) is 3.71. The summed E-state index contributed by atoms with van der Waals surface area (Å²) in [5, 5.41) is 7.63. The van der Waals surface area contributed by atoms with E-state index < -0.39 is 11.9 Å². The summed E-state index contributed by atoms with van der Waals surface area (Å²) in [6.07, 6.45) is 1.22. The molecule has 0 saturated heterocycles. The van der Waals surface area contributed by atoms with Gasteiger partial charge in [-0.15, -0.1) is 10.2 Å². The van der Waals surface area contributed by atoms with Crippen molar-refractivity contribution >= 4 is 11.9 Å². The number of carbonyl (C=O) groups excluding carboxylic acids is 2. The SMILES string of the molecule is Cc1[nH]c(C(=O)OCc2nnc(-c3ccco3)o2)c(C)c1C(=O)OC(C)C. The summed E-state index contributed by atoms with van der Waals surface area (Å²) in [5.41, 5.74) is 1.50. The first kappa shape index (κ1) is 18.4. The van der Waals surface area contributed by atoms with E-state index in [1.54, 1.807) is 39.8 Å². The fraction of sp³-hybridized carbons (Fsp3) is 0.333. The lowest BCUT2D eigenvalue weighted by molar-refractivity contribution is 0.0376. The lowest BCUT2D eigenvalue weighted by Crippen LogP contribution is -2.13. The number of nitrogens with zero attached hydrogens (tertiary/aromatic N) is 2. The minimum Gasteiger partial charge on any atom is -0.459 e. The second kappa shape index (κ2) is 7.48. The van der Waals surface area contributed by atoms with Crippen molar-refractivity contribution in [3.8, 4) is 11.7 Å². The number of carbonyl (C=O) groups is 2. The highest BCUT2D eigenvalue weighted by molar-refractivity contribution is 5.98. The summed E-state index contributed by atoms with van der Waals surface area (Å²) in [7, 11) is 0. The highest BCUT2D eigenvalue weighted by Gasteiger charge is 2.25. The van der Waals surface area contributed by atoms with Gasteiger partial charge in [-0.3, -0.25) is 0 Å². The van der Waals surface area contributed by atoms with Crippen LogP contribution in [0.2, 0.25) is 0 Å². The maximum Gasteiger partial charge on any atom is 0.355 e. The fourth-order valence-corrected chi connectivity index (χ4v) is 2.54. The molecule has 0 unspecified atom stereocenters. The summed E-state index contributed by atoms with van der Waals surface area (Å²) < 4.78 is 20.9. The fourth-order valence-electron chi connectivity index (χ4n) is 2.54. The number of nitrogens with one attached hydrogen (secondary N) is 1. The number of furan rings is 1. The summed E-state index contributed by atoms with van der Waals surface area (Å²) in [6, 6.07) is 3.36. The first-order valence-corrected chi connectivity index (χ1v) is 8.30. The van der Waals surface area contributed by atoms with Crippen LogP contribution in [0.4, 0.5) is 0 Å². The van der Waals surface area contributed by atoms with E-state index in [2.05, 4.69) is 15.2 Å². The van der Waals surface area contributed by atoms with Gasteiger partial charge in [0.2, 0.25) is 0 Å². The van der Waals surface area contributed by atoms with Crippen LogP contribution in [0.5, 0.6) is 0 Å². The second-order valence-corrected chi connectivity index (χ2v) is 6.13. The van der Waals surface area contributed by atoms with E-state index in [9.17, 15) is 9.59 Å². The Balaban J connectivity index is 1.69. The Morgan fingerprint density at radius 3 is 2.67 bits per heavy atom. The van der Waals surface area contributed by atoms with Crippen molar-refractivity contribution < 1.29 is 27.9 Å². The van der Waals surface area contributed by atoms with E-state index in [1.807, 2.05) is 0 Å². The minimum atomic E-state index is -0.642. The molecule has 0 saturated carbocycles. The molecule has 27 heavy (non-hydrogen) atoms. The quantitative estimate of drug-likeness (QED) is 0.654. The lowest BCUT2D eigenvalue weighted by atomic mass is 10.1. The molecule has 3 aromatic rings. The van der Waals surface area contributed by atoms with Gasteiger partial charge in [-0.2, -0.15) is 0 Å². The smallest absolute Gasteiger partial charge is 0.355 e. The molecule has 0 atom stereocenters. The van der Waals surface area contributed by atoms with Crippen LogP contribution in [0.25, 0.3) is 11.7 Å². The monoisotopic (exact) mass is 373 g/mol. The molecule has 3 rings (SSSR count). The number of hydrogen-bond acceptors (Lipinski definition) is 8. The molecular weight excluding hydrogens is 354 g/mol. The molecule has 0 aliphatic heterocycles. The molecule has 0 aromatic carbocycles. The van der Waals surface area contributed by atoms with Crippen molar-refractivity contribution in [1.29, 1.82) is 0 Å². The van der Waals surface area contributed by atoms with Gasteiger partial charge >= 0.3 is 11.9 Å². The molecular formula is C18H19N3O6. The van der Waals surface area contributed by atoms with Crippen molar-refractivity contribution in [1.82, 2.24) is 15.2 Å². The van der Waals surface area contributed by atoms with Gasteiger partial charge in [0, 0.05) is 5.69 Å². The number of ether oxygens (including phenoxy) is 2. The number of aromatic amines is 1. The van der Waals surface area contributed by atoms with Crippen molar-refractivity contribution in [2.45, 2.75) is 40.4 Å². The number of rotatable bonds is 6. The molecule has 9 nitrogen and oxygen atoms in total. The molecule has 3 aromatic heterocycles. The Morgan fingerprint density at radius 2 is 2.00 bits per heavy atom. The first-order chi connectivity index (χ1) is 12.9. The van der Waals surface area contributed by atoms with Crippen LogP contribution in [0.15, 0.2) is 27.2 Å². The molecule has 1 N–H and O–H groups in total. The van der Waals surface area contributed by atoms with Crippen molar-refractivity contribution in [2.24, 2.45) is 0 Å². The Bertz CT molecular complexity index is 952. The summed E-state index contributed by atoms with van der Waals surface area (Å²) in [5.74, 6) is -0.400. The molecule has 0 fully saturated rings. The zero-order valence-corrected chi connectivity index (χ0v) is 15.4. The van der Waals surface area contributed by atoms with Gasteiger partial charge in [-0.1, -0.05) is 0 Å². The van der Waals surface area contributed by atoms with Gasteiger partial charge < -0.3 is 23.3 Å².